The molecule has 1 saturated heterocycles. The Morgan fingerprint density at radius 1 is 1.00 bits per heavy atom. The van der Waals surface area contributed by atoms with Crippen molar-refractivity contribution in [1.29, 1.82) is 0 Å². The lowest BCUT2D eigenvalue weighted by molar-refractivity contribution is -0.119. The largest absolute Gasteiger partial charge is 0.465 e. The Bertz CT molecular complexity index is 665. The van der Waals surface area contributed by atoms with Gasteiger partial charge in [-0.05, 0) is 42.5 Å². The van der Waals surface area contributed by atoms with Crippen LogP contribution in [0.15, 0.2) is 18.2 Å². The molecule has 2 aliphatic rings. The third kappa shape index (κ3) is 3.42. The fourth-order valence-corrected chi connectivity index (χ4v) is 3.35. The SMILES string of the molecule is COC(=O)c1ccc2c(c1)CN(C(=O)N1CCCCC1)CC(=O)C2. The number of carbonyl (C=O) groups excluding carboxylic acids is 3. The topological polar surface area (TPSA) is 66.9 Å². The molecule has 0 N–H and O–H groups in total. The van der Waals surface area contributed by atoms with Crippen LogP contribution >= 0.6 is 0 Å². The second-order valence-corrected chi connectivity index (χ2v) is 6.38. The number of carbonyl (C=O) groups is 3. The minimum absolute atomic E-state index is 0.0185. The van der Waals surface area contributed by atoms with Gasteiger partial charge in [0.2, 0.25) is 0 Å². The quantitative estimate of drug-likeness (QED) is 0.739. The summed E-state index contributed by atoms with van der Waals surface area (Å²) < 4.78 is 4.75. The molecular weight excluding hydrogens is 308 g/mol. The molecule has 24 heavy (non-hydrogen) atoms. The molecule has 0 atom stereocenters. The number of likely N-dealkylation sites (tertiary alicyclic amines) is 1. The number of hydrogen-bond acceptors (Lipinski definition) is 4. The molecule has 2 amide bonds. The molecular formula is C18H22N2O4. The van der Waals surface area contributed by atoms with Gasteiger partial charge in [-0.15, -0.1) is 0 Å². The fourth-order valence-electron chi connectivity index (χ4n) is 3.35. The van der Waals surface area contributed by atoms with Gasteiger partial charge in [-0.2, -0.15) is 0 Å². The van der Waals surface area contributed by atoms with Gasteiger partial charge in [0.25, 0.3) is 0 Å². The Balaban J connectivity index is 1.85. The van der Waals surface area contributed by atoms with E-state index in [0.717, 1.165) is 43.5 Å². The van der Waals surface area contributed by atoms with E-state index >= 15 is 0 Å². The number of benzene rings is 1. The third-order valence-corrected chi connectivity index (χ3v) is 4.64. The number of piperidine rings is 1. The van der Waals surface area contributed by atoms with Crippen molar-refractivity contribution in [3.63, 3.8) is 0 Å². The lowest BCUT2D eigenvalue weighted by atomic mass is 10.0. The van der Waals surface area contributed by atoms with Crippen LogP contribution in [0.4, 0.5) is 4.79 Å². The first kappa shape index (κ1) is 16.5. The van der Waals surface area contributed by atoms with Gasteiger partial charge in [0.05, 0.1) is 19.2 Å². The van der Waals surface area contributed by atoms with E-state index in [1.54, 1.807) is 23.1 Å². The van der Waals surface area contributed by atoms with E-state index in [9.17, 15) is 14.4 Å². The molecule has 0 radical (unpaired) electrons. The zero-order chi connectivity index (χ0) is 17.1. The third-order valence-electron chi connectivity index (χ3n) is 4.64. The van der Waals surface area contributed by atoms with Crippen LogP contribution in [-0.4, -0.2) is 54.3 Å². The summed E-state index contributed by atoms with van der Waals surface area (Å²) in [7, 11) is 1.34. The number of urea groups is 1. The first-order valence-corrected chi connectivity index (χ1v) is 8.34. The first-order valence-electron chi connectivity index (χ1n) is 8.34. The van der Waals surface area contributed by atoms with Crippen molar-refractivity contribution < 1.29 is 19.1 Å². The average molecular weight is 330 g/mol. The molecule has 0 aromatic heterocycles. The van der Waals surface area contributed by atoms with E-state index in [4.69, 9.17) is 4.74 Å². The maximum absolute atomic E-state index is 12.7. The molecule has 0 saturated carbocycles. The molecule has 0 unspecified atom stereocenters. The molecule has 1 fully saturated rings. The summed E-state index contributed by atoms with van der Waals surface area (Å²) in [4.78, 5) is 40.1. The van der Waals surface area contributed by atoms with Crippen LogP contribution < -0.4 is 0 Å². The molecule has 1 aromatic carbocycles. The van der Waals surface area contributed by atoms with Crippen molar-refractivity contribution >= 4 is 17.8 Å². The zero-order valence-corrected chi connectivity index (χ0v) is 13.9. The molecule has 2 aliphatic heterocycles. The van der Waals surface area contributed by atoms with Crippen LogP contribution in [0.5, 0.6) is 0 Å². The van der Waals surface area contributed by atoms with Crippen molar-refractivity contribution in [3.8, 4) is 0 Å². The summed E-state index contributed by atoms with van der Waals surface area (Å²) in [6.45, 7) is 1.97. The van der Waals surface area contributed by atoms with Crippen LogP contribution in [0, 0.1) is 0 Å². The number of Topliss-reactive ketones (excluding diaryl/α,β-unsaturated/α-hetero) is 1. The lowest BCUT2D eigenvalue weighted by Gasteiger charge is -2.32. The van der Waals surface area contributed by atoms with Crippen molar-refractivity contribution in [2.24, 2.45) is 0 Å². The van der Waals surface area contributed by atoms with Gasteiger partial charge in [0, 0.05) is 26.1 Å². The van der Waals surface area contributed by atoms with Crippen molar-refractivity contribution in [3.05, 3.63) is 34.9 Å². The Morgan fingerprint density at radius 3 is 2.46 bits per heavy atom. The second-order valence-electron chi connectivity index (χ2n) is 6.38. The van der Waals surface area contributed by atoms with E-state index in [2.05, 4.69) is 0 Å². The van der Waals surface area contributed by atoms with Gasteiger partial charge in [-0.1, -0.05) is 6.07 Å². The Labute approximate surface area is 141 Å². The first-order chi connectivity index (χ1) is 11.6. The van der Waals surface area contributed by atoms with Crippen molar-refractivity contribution in [2.75, 3.05) is 26.7 Å². The van der Waals surface area contributed by atoms with Gasteiger partial charge < -0.3 is 14.5 Å². The molecule has 0 spiro atoms. The zero-order valence-electron chi connectivity index (χ0n) is 13.9. The van der Waals surface area contributed by atoms with E-state index < -0.39 is 5.97 Å². The van der Waals surface area contributed by atoms with E-state index in [1.165, 1.54) is 7.11 Å². The number of esters is 1. The predicted octanol–water partition coefficient (Wildman–Crippen LogP) is 2.01. The number of hydrogen-bond donors (Lipinski definition) is 0. The summed E-state index contributed by atoms with van der Waals surface area (Å²) in [6.07, 6.45) is 3.46. The highest BCUT2D eigenvalue weighted by atomic mass is 16.5. The molecule has 1 aromatic rings. The maximum Gasteiger partial charge on any atom is 0.337 e. The van der Waals surface area contributed by atoms with Crippen molar-refractivity contribution in [2.45, 2.75) is 32.2 Å². The molecule has 2 heterocycles. The van der Waals surface area contributed by atoms with Gasteiger partial charge in [0.15, 0.2) is 5.78 Å². The number of amides is 2. The maximum atomic E-state index is 12.7. The number of ether oxygens (including phenoxy) is 1. The van der Waals surface area contributed by atoms with E-state index in [1.807, 2.05) is 4.90 Å². The van der Waals surface area contributed by atoms with Gasteiger partial charge in [-0.3, -0.25) is 4.79 Å². The number of nitrogens with zero attached hydrogens (tertiary/aromatic N) is 2. The highest BCUT2D eigenvalue weighted by Gasteiger charge is 2.28. The predicted molar refractivity (Wildman–Crippen MR) is 87.7 cm³/mol. The number of rotatable bonds is 1. The monoisotopic (exact) mass is 330 g/mol. The van der Waals surface area contributed by atoms with Crippen LogP contribution in [-0.2, 0) is 22.5 Å². The number of fused-ring (bicyclic) bond motifs is 1. The molecule has 6 heteroatoms. The molecule has 0 aliphatic carbocycles. The number of methoxy groups -OCH3 is 1. The molecule has 6 nitrogen and oxygen atoms in total. The summed E-state index contributed by atoms with van der Waals surface area (Å²) in [6, 6.07) is 5.10. The van der Waals surface area contributed by atoms with Gasteiger partial charge in [0.1, 0.15) is 0 Å². The van der Waals surface area contributed by atoms with Crippen LogP contribution in [0.25, 0.3) is 0 Å². The van der Waals surface area contributed by atoms with E-state index in [-0.39, 0.29) is 18.4 Å². The van der Waals surface area contributed by atoms with Crippen LogP contribution in [0.2, 0.25) is 0 Å². The standard InChI is InChI=1S/C18H22N2O4/c1-24-17(22)14-6-5-13-10-16(21)12-20(11-15(13)9-14)18(23)19-7-3-2-4-8-19/h5-6,9H,2-4,7-8,10-12H2,1H3. The van der Waals surface area contributed by atoms with Gasteiger partial charge >= 0.3 is 12.0 Å². The minimum atomic E-state index is -0.415. The fraction of sp³-hybridized carbons (Fsp3) is 0.500. The second kappa shape index (κ2) is 7.03. The summed E-state index contributed by atoms with van der Waals surface area (Å²) in [5.41, 5.74) is 2.16. The summed E-state index contributed by atoms with van der Waals surface area (Å²) >= 11 is 0. The average Bonchev–Trinajstić information content (AvgIpc) is 2.78. The number of ketones is 1. The molecule has 0 bridgehead atoms. The van der Waals surface area contributed by atoms with Crippen LogP contribution in [0.1, 0.15) is 40.7 Å². The highest BCUT2D eigenvalue weighted by Crippen LogP contribution is 2.21. The Hall–Kier alpha value is -2.37. The molecule has 128 valence electrons. The summed E-state index contributed by atoms with van der Waals surface area (Å²) in [5.74, 6) is -0.396. The van der Waals surface area contributed by atoms with E-state index in [0.29, 0.717) is 18.5 Å². The minimum Gasteiger partial charge on any atom is -0.465 e. The highest BCUT2D eigenvalue weighted by molar-refractivity contribution is 5.91. The lowest BCUT2D eigenvalue weighted by Crippen LogP contribution is -2.46. The van der Waals surface area contributed by atoms with Crippen LogP contribution in [0.3, 0.4) is 0 Å². The normalized spacial score (nSPS) is 18.0. The Kier molecular flexibility index (Phi) is 4.83. The smallest absolute Gasteiger partial charge is 0.337 e. The molecule has 3 rings (SSSR count). The Morgan fingerprint density at radius 2 is 1.75 bits per heavy atom. The summed E-state index contributed by atoms with van der Waals surface area (Å²) in [5, 5.41) is 0. The van der Waals surface area contributed by atoms with Gasteiger partial charge in [-0.25, -0.2) is 9.59 Å². The van der Waals surface area contributed by atoms with Crippen molar-refractivity contribution in [1.82, 2.24) is 9.80 Å².